The molecule has 10 heavy (non-hydrogen) atoms. The number of rotatable bonds is 2. The third-order valence-electron chi connectivity index (χ3n) is 2.34. The summed E-state index contributed by atoms with van der Waals surface area (Å²) in [5, 5.41) is 0. The van der Waals surface area contributed by atoms with E-state index < -0.39 is 0 Å². The molecule has 2 aliphatic rings. The lowest BCUT2D eigenvalue weighted by Crippen LogP contribution is -2.00. The van der Waals surface area contributed by atoms with Crippen LogP contribution in [-0.2, 0) is 4.74 Å². The van der Waals surface area contributed by atoms with Gasteiger partial charge in [-0.3, -0.25) is 0 Å². The van der Waals surface area contributed by atoms with Crippen LogP contribution in [0.1, 0.15) is 32.6 Å². The summed E-state index contributed by atoms with van der Waals surface area (Å²) < 4.78 is 5.38. The smallest absolute Gasteiger partial charge is 0.103 e. The summed E-state index contributed by atoms with van der Waals surface area (Å²) in [6.07, 6.45) is 8.59. The van der Waals surface area contributed by atoms with Crippen molar-refractivity contribution in [2.45, 2.75) is 44.8 Å². The van der Waals surface area contributed by atoms with Gasteiger partial charge in [0.15, 0.2) is 0 Å². The molecule has 1 aliphatic carbocycles. The van der Waals surface area contributed by atoms with Crippen LogP contribution in [0.2, 0.25) is 0 Å². The number of hydrogen-bond donors (Lipinski definition) is 0. The molecule has 1 saturated heterocycles. The average molecular weight is 138 g/mol. The van der Waals surface area contributed by atoms with Crippen LogP contribution in [0.3, 0.4) is 0 Å². The van der Waals surface area contributed by atoms with Crippen LogP contribution in [0.4, 0.5) is 0 Å². The number of allylic oxidation sites excluding steroid dienone is 1. The molecule has 2 atom stereocenters. The lowest BCUT2D eigenvalue weighted by atomic mass is 9.96. The summed E-state index contributed by atoms with van der Waals surface area (Å²) >= 11 is 0. The van der Waals surface area contributed by atoms with Crippen molar-refractivity contribution < 1.29 is 4.74 Å². The van der Waals surface area contributed by atoms with Gasteiger partial charge in [-0.05, 0) is 19.3 Å². The van der Waals surface area contributed by atoms with Gasteiger partial charge in [0, 0.05) is 0 Å². The lowest BCUT2D eigenvalue weighted by molar-refractivity contribution is 0.384. The molecule has 1 nitrogen and oxygen atoms in total. The predicted molar refractivity (Wildman–Crippen MR) is 40.9 cm³/mol. The van der Waals surface area contributed by atoms with E-state index in [9.17, 15) is 0 Å². The minimum Gasteiger partial charge on any atom is -0.365 e. The lowest BCUT2D eigenvalue weighted by Gasteiger charge is -2.07. The van der Waals surface area contributed by atoms with E-state index in [1.165, 1.54) is 25.7 Å². The summed E-state index contributed by atoms with van der Waals surface area (Å²) in [5.41, 5.74) is 1.63. The van der Waals surface area contributed by atoms with E-state index in [2.05, 4.69) is 13.0 Å². The molecule has 0 aromatic rings. The molecule has 0 saturated carbocycles. The second-order valence-corrected chi connectivity index (χ2v) is 3.25. The fraction of sp³-hybridized carbons (Fsp3) is 0.778. The Morgan fingerprint density at radius 3 is 3.30 bits per heavy atom. The van der Waals surface area contributed by atoms with Crippen molar-refractivity contribution in [3.8, 4) is 0 Å². The Morgan fingerprint density at radius 1 is 1.70 bits per heavy atom. The van der Waals surface area contributed by atoms with Gasteiger partial charge < -0.3 is 4.74 Å². The van der Waals surface area contributed by atoms with E-state index in [1.54, 1.807) is 5.57 Å². The van der Waals surface area contributed by atoms with E-state index in [-0.39, 0.29) is 0 Å². The van der Waals surface area contributed by atoms with E-state index in [1.807, 2.05) is 0 Å². The first-order valence-electron chi connectivity index (χ1n) is 4.25. The molecule has 0 aromatic heterocycles. The molecular formula is C9H14O. The molecule has 56 valence electrons. The van der Waals surface area contributed by atoms with Crippen LogP contribution in [0.25, 0.3) is 0 Å². The number of hydrogen-bond acceptors (Lipinski definition) is 1. The van der Waals surface area contributed by atoms with Gasteiger partial charge in [-0.1, -0.05) is 25.0 Å². The fourth-order valence-electron chi connectivity index (χ4n) is 1.71. The van der Waals surface area contributed by atoms with Gasteiger partial charge in [0.2, 0.25) is 0 Å². The summed E-state index contributed by atoms with van der Waals surface area (Å²) in [5.74, 6) is 0. The van der Waals surface area contributed by atoms with E-state index in [0.29, 0.717) is 12.2 Å². The maximum atomic E-state index is 5.38. The Balaban J connectivity index is 1.94. The SMILES string of the molecule is CCCC1=CC2OC2CC1. The van der Waals surface area contributed by atoms with Gasteiger partial charge in [0.1, 0.15) is 6.10 Å². The van der Waals surface area contributed by atoms with Crippen molar-refractivity contribution in [3.05, 3.63) is 11.6 Å². The second kappa shape index (κ2) is 2.39. The summed E-state index contributed by atoms with van der Waals surface area (Å²) in [7, 11) is 0. The second-order valence-electron chi connectivity index (χ2n) is 3.25. The van der Waals surface area contributed by atoms with E-state index in [0.717, 1.165) is 0 Å². The highest BCUT2D eigenvalue weighted by molar-refractivity contribution is 5.16. The van der Waals surface area contributed by atoms with Crippen molar-refractivity contribution in [3.63, 3.8) is 0 Å². The van der Waals surface area contributed by atoms with Gasteiger partial charge in [-0.15, -0.1) is 0 Å². The van der Waals surface area contributed by atoms with Crippen LogP contribution in [0.15, 0.2) is 11.6 Å². The van der Waals surface area contributed by atoms with Crippen molar-refractivity contribution >= 4 is 0 Å². The molecule has 1 heteroatoms. The van der Waals surface area contributed by atoms with Gasteiger partial charge in [-0.25, -0.2) is 0 Å². The first-order chi connectivity index (χ1) is 4.90. The monoisotopic (exact) mass is 138 g/mol. The van der Waals surface area contributed by atoms with Crippen molar-refractivity contribution in [2.75, 3.05) is 0 Å². The average Bonchev–Trinajstić information content (AvgIpc) is 2.66. The highest BCUT2D eigenvalue weighted by Gasteiger charge is 2.39. The molecule has 0 aromatic carbocycles. The Bertz CT molecular complexity index is 160. The summed E-state index contributed by atoms with van der Waals surface area (Å²) in [4.78, 5) is 0. The first-order valence-corrected chi connectivity index (χ1v) is 4.25. The van der Waals surface area contributed by atoms with Gasteiger partial charge in [-0.2, -0.15) is 0 Å². The van der Waals surface area contributed by atoms with Crippen molar-refractivity contribution in [1.29, 1.82) is 0 Å². The Morgan fingerprint density at radius 2 is 2.60 bits per heavy atom. The number of fused-ring (bicyclic) bond motifs is 1. The quantitative estimate of drug-likeness (QED) is 0.421. The van der Waals surface area contributed by atoms with Gasteiger partial charge in [0.25, 0.3) is 0 Å². The zero-order valence-electron chi connectivity index (χ0n) is 6.47. The molecule has 0 bridgehead atoms. The molecule has 0 spiro atoms. The van der Waals surface area contributed by atoms with Gasteiger partial charge >= 0.3 is 0 Å². The summed E-state index contributed by atoms with van der Waals surface area (Å²) in [6.45, 7) is 2.24. The predicted octanol–water partition coefficient (Wildman–Crippen LogP) is 2.27. The van der Waals surface area contributed by atoms with E-state index in [4.69, 9.17) is 4.74 Å². The van der Waals surface area contributed by atoms with Crippen LogP contribution >= 0.6 is 0 Å². The maximum absolute atomic E-state index is 5.38. The largest absolute Gasteiger partial charge is 0.365 e. The zero-order valence-corrected chi connectivity index (χ0v) is 6.47. The molecular weight excluding hydrogens is 124 g/mol. The third kappa shape index (κ3) is 1.10. The maximum Gasteiger partial charge on any atom is 0.103 e. The minimum atomic E-state index is 0.523. The Labute approximate surface area is 62.1 Å². The molecule has 1 aliphatic heterocycles. The molecule has 1 fully saturated rings. The van der Waals surface area contributed by atoms with Crippen LogP contribution in [0, 0.1) is 0 Å². The molecule has 0 N–H and O–H groups in total. The Kier molecular flexibility index (Phi) is 1.53. The normalized spacial score (nSPS) is 36.7. The van der Waals surface area contributed by atoms with Crippen molar-refractivity contribution in [1.82, 2.24) is 0 Å². The molecule has 2 rings (SSSR count). The fourth-order valence-corrected chi connectivity index (χ4v) is 1.71. The Hall–Kier alpha value is -0.300. The number of epoxide rings is 1. The molecule has 0 amide bonds. The number of ether oxygens (including phenoxy) is 1. The van der Waals surface area contributed by atoms with Crippen LogP contribution in [0.5, 0.6) is 0 Å². The highest BCUT2D eigenvalue weighted by atomic mass is 16.6. The molecule has 1 heterocycles. The summed E-state index contributed by atoms with van der Waals surface area (Å²) in [6, 6.07) is 0. The van der Waals surface area contributed by atoms with E-state index >= 15 is 0 Å². The first kappa shape index (κ1) is 6.41. The molecule has 0 radical (unpaired) electrons. The highest BCUT2D eigenvalue weighted by Crippen LogP contribution is 2.36. The zero-order chi connectivity index (χ0) is 6.97. The minimum absolute atomic E-state index is 0.523. The van der Waals surface area contributed by atoms with Crippen LogP contribution in [-0.4, -0.2) is 12.2 Å². The standard InChI is InChI=1S/C9H14O/c1-2-3-7-4-5-8-9(6-7)10-8/h6,8-9H,2-5H2,1H3. The van der Waals surface area contributed by atoms with Crippen molar-refractivity contribution in [2.24, 2.45) is 0 Å². The van der Waals surface area contributed by atoms with Crippen LogP contribution < -0.4 is 0 Å². The molecule has 2 unspecified atom stereocenters. The van der Waals surface area contributed by atoms with Gasteiger partial charge in [0.05, 0.1) is 6.10 Å². The third-order valence-corrected chi connectivity index (χ3v) is 2.34. The topological polar surface area (TPSA) is 12.5 Å².